The second kappa shape index (κ2) is 7.98. The maximum atomic E-state index is 12.2. The van der Waals surface area contributed by atoms with Gasteiger partial charge in [-0.25, -0.2) is 5.06 Å². The van der Waals surface area contributed by atoms with E-state index >= 15 is 0 Å². The zero-order chi connectivity index (χ0) is 17.9. The molecule has 0 bridgehead atoms. The molecule has 0 aliphatic rings. The highest BCUT2D eigenvalue weighted by atomic mass is 79.9. The van der Waals surface area contributed by atoms with Gasteiger partial charge in [-0.3, -0.25) is 19.7 Å². The van der Waals surface area contributed by atoms with Crippen LogP contribution in [0, 0.1) is 10.1 Å². The third kappa shape index (κ3) is 4.27. The van der Waals surface area contributed by atoms with E-state index in [0.717, 1.165) is 14.4 Å². The van der Waals surface area contributed by atoms with Gasteiger partial charge in [0.05, 0.1) is 27.5 Å². The number of carbonyl (C=O) groups excluding carboxylic acids is 1. The summed E-state index contributed by atoms with van der Waals surface area (Å²) in [5, 5.41) is 12.4. The number of nitro benzene ring substituents is 1. The summed E-state index contributed by atoms with van der Waals surface area (Å²) in [4.78, 5) is 29.0. The van der Waals surface area contributed by atoms with E-state index in [9.17, 15) is 14.9 Å². The van der Waals surface area contributed by atoms with E-state index in [4.69, 9.17) is 16.4 Å². The van der Waals surface area contributed by atoms with E-state index < -0.39 is 10.8 Å². The highest BCUT2D eigenvalue weighted by Gasteiger charge is 2.24. The van der Waals surface area contributed by atoms with E-state index in [0.29, 0.717) is 4.90 Å². The van der Waals surface area contributed by atoms with Gasteiger partial charge < -0.3 is 0 Å². The number of halogens is 2. The molecule has 0 spiro atoms. The lowest BCUT2D eigenvalue weighted by Gasteiger charge is -2.15. The number of hydrogen-bond acceptors (Lipinski definition) is 5. The van der Waals surface area contributed by atoms with Crippen molar-refractivity contribution in [2.75, 3.05) is 14.2 Å². The highest BCUT2D eigenvalue weighted by Crippen LogP contribution is 2.38. The normalized spacial score (nSPS) is 10.5. The minimum absolute atomic E-state index is 0.00729. The van der Waals surface area contributed by atoms with Gasteiger partial charge in [0.25, 0.3) is 11.6 Å². The van der Waals surface area contributed by atoms with E-state index in [2.05, 4.69) is 15.9 Å². The van der Waals surface area contributed by atoms with Crippen molar-refractivity contribution < 1.29 is 14.6 Å². The predicted molar refractivity (Wildman–Crippen MR) is 95.5 cm³/mol. The summed E-state index contributed by atoms with van der Waals surface area (Å²) in [7, 11) is 2.72. The first-order chi connectivity index (χ1) is 11.3. The van der Waals surface area contributed by atoms with Gasteiger partial charge in [0.1, 0.15) is 0 Å². The fourth-order valence-electron chi connectivity index (χ4n) is 1.81. The molecule has 6 nitrogen and oxygen atoms in total. The van der Waals surface area contributed by atoms with E-state index in [-0.39, 0.29) is 16.3 Å². The third-order valence-corrected chi connectivity index (χ3v) is 4.97. The van der Waals surface area contributed by atoms with Crippen LogP contribution in [0.5, 0.6) is 0 Å². The summed E-state index contributed by atoms with van der Waals surface area (Å²) in [5.41, 5.74) is -0.187. The topological polar surface area (TPSA) is 72.7 Å². The quantitative estimate of drug-likeness (QED) is 0.502. The Balaban J connectivity index is 2.45. The highest BCUT2D eigenvalue weighted by molar-refractivity contribution is 9.10. The van der Waals surface area contributed by atoms with Crippen molar-refractivity contribution in [1.29, 1.82) is 0 Å². The molecule has 2 aromatic rings. The zero-order valence-electron chi connectivity index (χ0n) is 12.7. The smallest absolute Gasteiger partial charge is 0.274 e. The van der Waals surface area contributed by atoms with Gasteiger partial charge in [-0.1, -0.05) is 39.3 Å². The Bertz CT molecular complexity index is 786. The lowest BCUT2D eigenvalue weighted by molar-refractivity contribution is -0.387. The predicted octanol–water partition coefficient (Wildman–Crippen LogP) is 4.80. The lowest BCUT2D eigenvalue weighted by atomic mass is 10.2. The summed E-state index contributed by atoms with van der Waals surface area (Å²) < 4.78 is 0.905. The van der Waals surface area contributed by atoms with Crippen molar-refractivity contribution in [3.8, 4) is 0 Å². The number of hydroxylamine groups is 2. The van der Waals surface area contributed by atoms with Gasteiger partial charge in [0.15, 0.2) is 0 Å². The van der Waals surface area contributed by atoms with Crippen LogP contribution in [0.3, 0.4) is 0 Å². The monoisotopic (exact) mass is 430 g/mol. The number of hydrogen-bond donors (Lipinski definition) is 0. The minimum Gasteiger partial charge on any atom is -0.274 e. The standard InChI is InChI=1S/C15H12BrClN2O4S/c1-18(23-2)15(20)11-7-13(19(21)22)14(8-12(11)17)24-10-5-3-9(16)4-6-10/h3-8H,1-2H3. The van der Waals surface area contributed by atoms with Crippen molar-refractivity contribution in [3.63, 3.8) is 0 Å². The summed E-state index contributed by atoms with van der Waals surface area (Å²) in [6.07, 6.45) is 0. The molecule has 0 unspecified atom stereocenters. The van der Waals surface area contributed by atoms with Gasteiger partial charge in [-0.05, 0) is 30.3 Å². The Labute approximate surface area is 156 Å². The van der Waals surface area contributed by atoms with Crippen LogP contribution in [-0.2, 0) is 4.84 Å². The molecule has 0 N–H and O–H groups in total. The number of amides is 1. The van der Waals surface area contributed by atoms with Crippen LogP contribution >= 0.6 is 39.3 Å². The summed E-state index contributed by atoms with van der Waals surface area (Å²) >= 11 is 10.7. The average molecular weight is 432 g/mol. The Morgan fingerprint density at radius 2 is 1.96 bits per heavy atom. The number of nitrogens with zero attached hydrogens (tertiary/aromatic N) is 2. The lowest BCUT2D eigenvalue weighted by Crippen LogP contribution is -2.25. The molecule has 0 radical (unpaired) electrons. The number of nitro groups is 1. The van der Waals surface area contributed by atoms with Crippen LogP contribution in [-0.4, -0.2) is 30.1 Å². The molecule has 0 saturated heterocycles. The van der Waals surface area contributed by atoms with E-state index in [1.807, 2.05) is 24.3 Å². The maximum absolute atomic E-state index is 12.2. The SMILES string of the molecule is CON(C)C(=O)c1cc([N+](=O)[O-])c(Sc2ccc(Br)cc2)cc1Cl. The number of benzene rings is 2. The van der Waals surface area contributed by atoms with Gasteiger partial charge in [-0.15, -0.1) is 0 Å². The molecule has 0 aliphatic heterocycles. The Morgan fingerprint density at radius 1 is 1.33 bits per heavy atom. The molecular weight excluding hydrogens is 420 g/mol. The summed E-state index contributed by atoms with van der Waals surface area (Å²) in [6, 6.07) is 9.90. The van der Waals surface area contributed by atoms with Crippen molar-refractivity contribution in [2.45, 2.75) is 9.79 Å². The zero-order valence-corrected chi connectivity index (χ0v) is 15.8. The molecule has 9 heteroatoms. The molecular formula is C15H12BrClN2O4S. The number of rotatable bonds is 5. The Hall–Kier alpha value is -1.61. The average Bonchev–Trinajstić information content (AvgIpc) is 2.55. The fraction of sp³-hybridized carbons (Fsp3) is 0.133. The van der Waals surface area contributed by atoms with Gasteiger partial charge in [0, 0.05) is 22.5 Å². The summed E-state index contributed by atoms with van der Waals surface area (Å²) in [6.45, 7) is 0. The minimum atomic E-state index is -0.564. The summed E-state index contributed by atoms with van der Waals surface area (Å²) in [5.74, 6) is -0.564. The molecule has 0 fully saturated rings. The third-order valence-electron chi connectivity index (χ3n) is 3.08. The van der Waals surface area contributed by atoms with Crippen molar-refractivity contribution in [3.05, 3.63) is 61.6 Å². The van der Waals surface area contributed by atoms with Crippen LogP contribution in [0.4, 0.5) is 5.69 Å². The first-order valence-electron chi connectivity index (χ1n) is 6.57. The molecule has 0 heterocycles. The largest absolute Gasteiger partial charge is 0.284 e. The van der Waals surface area contributed by atoms with Crippen molar-refractivity contribution >= 4 is 50.9 Å². The van der Waals surface area contributed by atoms with Crippen LogP contribution in [0.1, 0.15) is 10.4 Å². The van der Waals surface area contributed by atoms with Crippen LogP contribution in [0.2, 0.25) is 5.02 Å². The molecule has 126 valence electrons. The Morgan fingerprint density at radius 3 is 2.50 bits per heavy atom. The molecule has 0 aromatic heterocycles. The van der Waals surface area contributed by atoms with Gasteiger partial charge >= 0.3 is 0 Å². The molecule has 2 aromatic carbocycles. The first-order valence-corrected chi connectivity index (χ1v) is 8.55. The number of carbonyl (C=O) groups is 1. The second-order valence-electron chi connectivity index (χ2n) is 4.60. The fourth-order valence-corrected chi connectivity index (χ4v) is 3.33. The van der Waals surface area contributed by atoms with Gasteiger partial charge in [-0.2, -0.15) is 0 Å². The second-order valence-corrected chi connectivity index (χ2v) is 7.04. The van der Waals surface area contributed by atoms with E-state index in [1.165, 1.54) is 38.1 Å². The van der Waals surface area contributed by atoms with Crippen LogP contribution < -0.4 is 0 Å². The van der Waals surface area contributed by atoms with Crippen molar-refractivity contribution in [2.24, 2.45) is 0 Å². The van der Waals surface area contributed by atoms with Crippen LogP contribution in [0.15, 0.2) is 50.7 Å². The first kappa shape index (κ1) is 18.7. The van der Waals surface area contributed by atoms with Crippen molar-refractivity contribution in [1.82, 2.24) is 5.06 Å². The molecule has 24 heavy (non-hydrogen) atoms. The molecule has 2 rings (SSSR count). The van der Waals surface area contributed by atoms with Gasteiger partial charge in [0.2, 0.25) is 0 Å². The molecule has 1 amide bonds. The molecule has 0 aliphatic carbocycles. The maximum Gasteiger partial charge on any atom is 0.284 e. The molecule has 0 saturated carbocycles. The van der Waals surface area contributed by atoms with Crippen LogP contribution in [0.25, 0.3) is 0 Å². The molecule has 0 atom stereocenters. The van der Waals surface area contributed by atoms with E-state index in [1.54, 1.807) is 0 Å². The Kier molecular flexibility index (Phi) is 6.22.